The number of fused-ring (bicyclic) bond motifs is 1. The first kappa shape index (κ1) is 19.4. The number of aliphatic hydroxyl groups is 1. The van der Waals surface area contributed by atoms with E-state index >= 15 is 0 Å². The number of rotatable bonds is 8. The van der Waals surface area contributed by atoms with Crippen molar-refractivity contribution in [3.8, 4) is 0 Å². The fourth-order valence-corrected chi connectivity index (χ4v) is 3.89. The Hall–Kier alpha value is -2.38. The summed E-state index contributed by atoms with van der Waals surface area (Å²) in [6, 6.07) is 12.2. The second-order valence-electron chi connectivity index (χ2n) is 6.64. The van der Waals surface area contributed by atoms with Gasteiger partial charge in [0.15, 0.2) is 5.96 Å². The maximum Gasteiger partial charge on any atom is 0.191 e. The number of aromatic nitrogens is 2. The van der Waals surface area contributed by atoms with Gasteiger partial charge in [-0.15, -0.1) is 11.3 Å². The van der Waals surface area contributed by atoms with Crippen LogP contribution in [0.4, 0.5) is 0 Å². The number of hydrogen-bond acceptors (Lipinski definition) is 4. The van der Waals surface area contributed by atoms with E-state index in [1.165, 1.54) is 10.1 Å². The van der Waals surface area contributed by atoms with Crippen LogP contribution >= 0.6 is 11.3 Å². The van der Waals surface area contributed by atoms with Gasteiger partial charge < -0.3 is 15.7 Å². The lowest BCUT2D eigenvalue weighted by molar-refractivity contribution is 0.184. The van der Waals surface area contributed by atoms with Gasteiger partial charge in [-0.2, -0.15) is 5.10 Å². The number of nitrogens with one attached hydrogen (secondary N) is 2. The number of aliphatic hydroxyl groups excluding tert-OH is 1. The van der Waals surface area contributed by atoms with Gasteiger partial charge in [0.2, 0.25) is 0 Å². The molecule has 0 saturated heterocycles. The summed E-state index contributed by atoms with van der Waals surface area (Å²) < 4.78 is 3.12. The summed E-state index contributed by atoms with van der Waals surface area (Å²) in [6.07, 6.45) is 3.19. The molecule has 7 heteroatoms. The Labute approximate surface area is 163 Å². The normalized spacial score (nSPS) is 14.3. The molecule has 144 valence electrons. The van der Waals surface area contributed by atoms with Gasteiger partial charge >= 0.3 is 0 Å². The molecule has 27 heavy (non-hydrogen) atoms. The van der Waals surface area contributed by atoms with Crippen LogP contribution < -0.4 is 10.6 Å². The zero-order valence-electron chi connectivity index (χ0n) is 15.8. The van der Waals surface area contributed by atoms with Gasteiger partial charge in [-0.25, -0.2) is 0 Å². The van der Waals surface area contributed by atoms with Crippen molar-refractivity contribution in [2.24, 2.45) is 10.9 Å². The third-order valence-corrected chi connectivity index (χ3v) is 5.42. The van der Waals surface area contributed by atoms with Crippen molar-refractivity contribution >= 4 is 27.4 Å². The van der Waals surface area contributed by atoms with Crippen molar-refractivity contribution in [3.63, 3.8) is 0 Å². The molecule has 2 unspecified atom stereocenters. The van der Waals surface area contributed by atoms with Crippen LogP contribution in [0.3, 0.4) is 0 Å². The topological polar surface area (TPSA) is 74.5 Å². The summed E-state index contributed by atoms with van der Waals surface area (Å²) in [5.74, 6) is 1.10. The highest BCUT2D eigenvalue weighted by Crippen LogP contribution is 2.29. The second kappa shape index (κ2) is 9.53. The van der Waals surface area contributed by atoms with Crippen LogP contribution in [0.5, 0.6) is 0 Å². The van der Waals surface area contributed by atoms with Gasteiger partial charge in [-0.3, -0.25) is 9.67 Å². The van der Waals surface area contributed by atoms with Crippen LogP contribution in [0, 0.1) is 5.92 Å². The first-order chi connectivity index (χ1) is 13.2. The summed E-state index contributed by atoms with van der Waals surface area (Å²) in [6.45, 7) is 6.91. The molecule has 0 saturated carbocycles. The molecule has 0 fully saturated rings. The lowest BCUT2D eigenvalue weighted by Gasteiger charge is -2.15. The predicted octanol–water partition coefficient (Wildman–Crippen LogP) is 3.02. The molecule has 0 amide bonds. The third kappa shape index (κ3) is 5.55. The van der Waals surface area contributed by atoms with Gasteiger partial charge in [0.25, 0.3) is 0 Å². The number of nitrogens with zero attached hydrogens (tertiary/aromatic N) is 3. The first-order valence-electron chi connectivity index (χ1n) is 9.32. The maximum absolute atomic E-state index is 10.5. The summed E-state index contributed by atoms with van der Waals surface area (Å²) in [4.78, 5) is 5.61. The average molecular weight is 386 g/mol. The molecule has 3 rings (SSSR count). The maximum atomic E-state index is 10.5. The molecular weight excluding hydrogens is 358 g/mol. The average Bonchev–Trinajstić information content (AvgIpc) is 3.33. The summed E-state index contributed by atoms with van der Waals surface area (Å²) in [7, 11) is 0. The minimum absolute atomic E-state index is 0.368. The number of thiophene rings is 1. The van der Waals surface area contributed by atoms with Gasteiger partial charge in [-0.1, -0.05) is 25.1 Å². The molecule has 2 heterocycles. The van der Waals surface area contributed by atoms with Crippen molar-refractivity contribution in [2.75, 3.05) is 19.6 Å². The molecule has 1 aromatic carbocycles. The molecule has 2 aromatic heterocycles. The van der Waals surface area contributed by atoms with E-state index < -0.39 is 6.10 Å². The van der Waals surface area contributed by atoms with Gasteiger partial charge in [0, 0.05) is 48.1 Å². The zero-order valence-corrected chi connectivity index (χ0v) is 16.6. The van der Waals surface area contributed by atoms with Crippen LogP contribution in [-0.4, -0.2) is 40.5 Å². The van der Waals surface area contributed by atoms with E-state index in [-0.39, 0.29) is 0 Å². The Morgan fingerprint density at radius 3 is 2.89 bits per heavy atom. The van der Waals surface area contributed by atoms with Gasteiger partial charge in [0.1, 0.15) is 6.10 Å². The number of hydrogen-bond donors (Lipinski definition) is 3. The van der Waals surface area contributed by atoms with Gasteiger partial charge in [0.05, 0.1) is 0 Å². The van der Waals surface area contributed by atoms with Crippen molar-refractivity contribution < 1.29 is 5.11 Å². The van der Waals surface area contributed by atoms with E-state index in [1.54, 1.807) is 17.5 Å². The molecule has 3 aromatic rings. The van der Waals surface area contributed by atoms with E-state index in [9.17, 15) is 5.11 Å². The quantitative estimate of drug-likeness (QED) is 0.412. The minimum atomic E-state index is -0.562. The Morgan fingerprint density at radius 1 is 1.30 bits per heavy atom. The summed E-state index contributed by atoms with van der Waals surface area (Å²) in [5.41, 5.74) is 0. The zero-order chi connectivity index (χ0) is 19.1. The van der Waals surface area contributed by atoms with Crippen molar-refractivity contribution in [1.82, 2.24) is 20.4 Å². The largest absolute Gasteiger partial charge is 0.386 e. The van der Waals surface area contributed by atoms with Crippen molar-refractivity contribution in [1.29, 1.82) is 0 Å². The SMILES string of the molecule is CCNC(=NCC(C)Cn1cccn1)NCC(O)c1cc2ccccc2s1. The number of guanidine groups is 1. The lowest BCUT2D eigenvalue weighted by atomic mass is 10.2. The predicted molar refractivity (Wildman–Crippen MR) is 112 cm³/mol. The summed E-state index contributed by atoms with van der Waals surface area (Å²) >= 11 is 1.63. The van der Waals surface area contributed by atoms with Crippen LogP contribution in [0.1, 0.15) is 24.8 Å². The monoisotopic (exact) mass is 385 g/mol. The lowest BCUT2D eigenvalue weighted by Crippen LogP contribution is -2.39. The molecule has 0 aliphatic carbocycles. The standard InChI is InChI=1S/C20H27N5OS/c1-3-21-20(22-12-15(2)14-25-10-6-9-24-25)23-13-17(26)19-11-16-7-4-5-8-18(16)27-19/h4-11,15,17,26H,3,12-14H2,1-2H3,(H2,21,22,23). The molecule has 0 spiro atoms. The molecule has 0 radical (unpaired) electrons. The van der Waals surface area contributed by atoms with Crippen LogP contribution in [-0.2, 0) is 6.54 Å². The molecule has 0 bridgehead atoms. The van der Waals surface area contributed by atoms with Crippen LogP contribution in [0.25, 0.3) is 10.1 Å². The van der Waals surface area contributed by atoms with E-state index in [4.69, 9.17) is 0 Å². The fraction of sp³-hybridized carbons (Fsp3) is 0.400. The highest BCUT2D eigenvalue weighted by atomic mass is 32.1. The Kier molecular flexibility index (Phi) is 6.84. The molecule has 2 atom stereocenters. The van der Waals surface area contributed by atoms with E-state index in [1.807, 2.05) is 36.0 Å². The third-order valence-electron chi connectivity index (χ3n) is 4.20. The smallest absolute Gasteiger partial charge is 0.191 e. The van der Waals surface area contributed by atoms with E-state index in [2.05, 4.69) is 45.8 Å². The highest BCUT2D eigenvalue weighted by molar-refractivity contribution is 7.19. The second-order valence-corrected chi connectivity index (χ2v) is 7.75. The molecular formula is C20H27N5OS. The van der Waals surface area contributed by atoms with Crippen molar-refractivity contribution in [2.45, 2.75) is 26.5 Å². The number of aliphatic imine (C=N–C) groups is 1. The molecule has 0 aliphatic heterocycles. The molecule has 6 nitrogen and oxygen atoms in total. The Morgan fingerprint density at radius 2 is 2.15 bits per heavy atom. The first-order valence-corrected chi connectivity index (χ1v) is 10.1. The summed E-state index contributed by atoms with van der Waals surface area (Å²) in [5, 5.41) is 22.4. The van der Waals surface area contributed by atoms with Crippen molar-refractivity contribution in [3.05, 3.63) is 53.7 Å². The number of benzene rings is 1. The highest BCUT2D eigenvalue weighted by Gasteiger charge is 2.12. The molecule has 0 aliphatic rings. The van der Waals surface area contributed by atoms with Crippen LogP contribution in [0.15, 0.2) is 53.8 Å². The van der Waals surface area contributed by atoms with Gasteiger partial charge in [-0.05, 0) is 36.4 Å². The molecule has 3 N–H and O–H groups in total. The Balaban J connectivity index is 1.54. The fourth-order valence-electron chi connectivity index (χ4n) is 2.83. The minimum Gasteiger partial charge on any atom is -0.386 e. The van der Waals surface area contributed by atoms with Crippen LogP contribution in [0.2, 0.25) is 0 Å². The van der Waals surface area contributed by atoms with E-state index in [0.29, 0.717) is 19.0 Å². The van der Waals surface area contributed by atoms with E-state index in [0.717, 1.165) is 23.9 Å². The Bertz CT molecular complexity index is 825.